The molecule has 1 unspecified atom stereocenters. The molecule has 33 heavy (non-hydrogen) atoms. The number of carbonyl (C=O) groups excluding carboxylic acids is 2. The predicted octanol–water partition coefficient (Wildman–Crippen LogP) is 4.62. The van der Waals surface area contributed by atoms with Gasteiger partial charge in [0.05, 0.1) is 29.7 Å². The lowest BCUT2D eigenvalue weighted by Crippen LogP contribution is -2.29. The Morgan fingerprint density at radius 2 is 2.18 bits per heavy atom. The van der Waals surface area contributed by atoms with Crippen molar-refractivity contribution in [1.29, 1.82) is 0 Å². The predicted molar refractivity (Wildman–Crippen MR) is 130 cm³/mol. The highest BCUT2D eigenvalue weighted by molar-refractivity contribution is 7.17. The van der Waals surface area contributed by atoms with Crippen LogP contribution in [0.5, 0.6) is 0 Å². The largest absolute Gasteiger partial charge is 0.352 e. The highest BCUT2D eigenvalue weighted by Gasteiger charge is 2.34. The molecule has 2 amide bonds. The van der Waals surface area contributed by atoms with Gasteiger partial charge in [0.15, 0.2) is 0 Å². The molecule has 0 bridgehead atoms. The van der Waals surface area contributed by atoms with E-state index < -0.39 is 0 Å². The van der Waals surface area contributed by atoms with Gasteiger partial charge in [-0.2, -0.15) is 0 Å². The quantitative estimate of drug-likeness (QED) is 0.345. The van der Waals surface area contributed by atoms with Crippen LogP contribution in [-0.4, -0.2) is 33.1 Å². The average Bonchev–Trinajstić information content (AvgIpc) is 3.59. The molecular formula is C24H30N6O2S. The molecule has 0 aromatic carbocycles. The van der Waals surface area contributed by atoms with E-state index in [0.29, 0.717) is 17.1 Å². The van der Waals surface area contributed by atoms with Crippen molar-refractivity contribution >= 4 is 39.7 Å². The molecule has 8 nitrogen and oxygen atoms in total. The van der Waals surface area contributed by atoms with E-state index in [2.05, 4.69) is 37.6 Å². The lowest BCUT2D eigenvalue weighted by molar-refractivity contribution is -0.117. The third-order valence-corrected chi connectivity index (χ3v) is 7.57. The number of nitrogens with zero attached hydrogens (tertiary/aromatic N) is 2. The number of carbonyl (C=O) groups is 2. The van der Waals surface area contributed by atoms with Crippen LogP contribution in [-0.2, 0) is 17.6 Å². The van der Waals surface area contributed by atoms with Gasteiger partial charge in [0.2, 0.25) is 5.91 Å². The molecule has 2 aliphatic carbocycles. The standard InChI is InChI=1S/C24H30N6O2S/c1-2-3-11-26-23(32)21-18-12-17(30-20(14-27-30)28-16-5-4-10-25-13-16)8-9-19(18)33-24(21)29-22(31)15-6-7-15/h4-5,10,13-15,17,27-28H,2-3,6-9,11-12H2,1H3,(H,26,32)(H,29,31). The first-order chi connectivity index (χ1) is 16.1. The molecule has 0 radical (unpaired) electrons. The van der Waals surface area contributed by atoms with Crippen LogP contribution >= 0.6 is 11.3 Å². The van der Waals surface area contributed by atoms with Crippen LogP contribution in [0.1, 0.15) is 65.9 Å². The molecule has 1 saturated carbocycles. The molecule has 3 aromatic rings. The Morgan fingerprint density at radius 3 is 2.88 bits per heavy atom. The summed E-state index contributed by atoms with van der Waals surface area (Å²) in [5.41, 5.74) is 2.67. The molecule has 9 heteroatoms. The first-order valence-corrected chi connectivity index (χ1v) is 12.6. The number of fused-ring (bicyclic) bond motifs is 1. The monoisotopic (exact) mass is 466 g/mol. The summed E-state index contributed by atoms with van der Waals surface area (Å²) >= 11 is 1.58. The number of nitrogens with one attached hydrogen (secondary N) is 4. The van der Waals surface area contributed by atoms with E-state index in [1.54, 1.807) is 23.7 Å². The van der Waals surface area contributed by atoms with Crippen LogP contribution in [0.15, 0.2) is 30.7 Å². The zero-order chi connectivity index (χ0) is 22.8. The Kier molecular flexibility index (Phi) is 6.22. The molecule has 4 N–H and O–H groups in total. The Bertz CT molecular complexity index is 1130. The Hall–Kier alpha value is -3.07. The van der Waals surface area contributed by atoms with E-state index in [-0.39, 0.29) is 23.8 Å². The van der Waals surface area contributed by atoms with Crippen molar-refractivity contribution in [2.45, 2.75) is 57.9 Å². The number of aromatic nitrogens is 3. The van der Waals surface area contributed by atoms with Gasteiger partial charge in [-0.1, -0.05) is 13.3 Å². The second kappa shape index (κ2) is 9.43. The van der Waals surface area contributed by atoms with Crippen molar-refractivity contribution in [1.82, 2.24) is 20.1 Å². The minimum atomic E-state index is -0.0754. The van der Waals surface area contributed by atoms with Gasteiger partial charge in [-0.15, -0.1) is 11.3 Å². The van der Waals surface area contributed by atoms with E-state index in [0.717, 1.165) is 62.0 Å². The van der Waals surface area contributed by atoms with Crippen LogP contribution in [0.4, 0.5) is 16.5 Å². The van der Waals surface area contributed by atoms with E-state index in [4.69, 9.17) is 0 Å². The molecule has 2 aliphatic rings. The van der Waals surface area contributed by atoms with E-state index in [9.17, 15) is 9.59 Å². The molecule has 0 aliphatic heterocycles. The number of thiophene rings is 1. The average molecular weight is 467 g/mol. The van der Waals surface area contributed by atoms with Gasteiger partial charge in [0, 0.05) is 23.5 Å². The number of rotatable bonds is 9. The van der Waals surface area contributed by atoms with Crippen molar-refractivity contribution in [2.24, 2.45) is 5.92 Å². The van der Waals surface area contributed by atoms with Crippen molar-refractivity contribution in [3.63, 3.8) is 0 Å². The molecule has 5 rings (SSSR count). The number of aryl methyl sites for hydroxylation is 1. The molecule has 0 spiro atoms. The maximum absolute atomic E-state index is 13.2. The van der Waals surface area contributed by atoms with Gasteiger partial charge in [-0.25, -0.2) is 0 Å². The third-order valence-electron chi connectivity index (χ3n) is 6.36. The van der Waals surface area contributed by atoms with Crippen LogP contribution in [0.25, 0.3) is 0 Å². The summed E-state index contributed by atoms with van der Waals surface area (Å²) < 4.78 is 2.13. The summed E-state index contributed by atoms with van der Waals surface area (Å²) in [6.45, 7) is 2.75. The minimum Gasteiger partial charge on any atom is -0.352 e. The highest BCUT2D eigenvalue weighted by Crippen LogP contribution is 2.42. The van der Waals surface area contributed by atoms with Gasteiger partial charge in [0.1, 0.15) is 10.8 Å². The number of H-pyrrole nitrogens is 1. The number of hydrogen-bond donors (Lipinski definition) is 4. The van der Waals surface area contributed by atoms with Crippen molar-refractivity contribution in [2.75, 3.05) is 17.2 Å². The Morgan fingerprint density at radius 1 is 1.30 bits per heavy atom. The van der Waals surface area contributed by atoms with Gasteiger partial charge in [-0.05, 0) is 56.2 Å². The lowest BCUT2D eigenvalue weighted by Gasteiger charge is -2.30. The van der Waals surface area contributed by atoms with E-state index in [1.165, 1.54) is 4.88 Å². The van der Waals surface area contributed by atoms with Crippen molar-refractivity contribution < 1.29 is 9.59 Å². The number of unbranched alkanes of at least 4 members (excludes halogenated alkanes) is 1. The van der Waals surface area contributed by atoms with Crippen LogP contribution < -0.4 is 16.0 Å². The first-order valence-electron chi connectivity index (χ1n) is 11.8. The van der Waals surface area contributed by atoms with E-state index in [1.807, 2.05) is 18.3 Å². The molecule has 1 fully saturated rings. The second-order valence-electron chi connectivity index (χ2n) is 8.87. The van der Waals surface area contributed by atoms with Crippen molar-refractivity contribution in [3.8, 4) is 0 Å². The normalized spacial score (nSPS) is 17.4. The molecule has 0 saturated heterocycles. The second-order valence-corrected chi connectivity index (χ2v) is 9.98. The number of hydrogen-bond acceptors (Lipinski definition) is 5. The molecular weight excluding hydrogens is 436 g/mol. The minimum absolute atomic E-state index is 0.0445. The van der Waals surface area contributed by atoms with Crippen LogP contribution in [0, 0.1) is 5.92 Å². The zero-order valence-electron chi connectivity index (χ0n) is 18.8. The highest BCUT2D eigenvalue weighted by atomic mass is 32.1. The van der Waals surface area contributed by atoms with E-state index >= 15 is 0 Å². The lowest BCUT2D eigenvalue weighted by atomic mass is 9.91. The first kappa shape index (κ1) is 21.8. The van der Waals surface area contributed by atoms with Gasteiger partial charge in [-0.3, -0.25) is 19.3 Å². The van der Waals surface area contributed by atoms with Crippen LogP contribution in [0.3, 0.4) is 0 Å². The molecule has 1 atom stereocenters. The Labute approximate surface area is 197 Å². The van der Waals surface area contributed by atoms with Gasteiger partial charge in [0.25, 0.3) is 5.91 Å². The number of aromatic amines is 1. The summed E-state index contributed by atoms with van der Waals surface area (Å²) in [5, 5.41) is 13.5. The van der Waals surface area contributed by atoms with Crippen LogP contribution in [0.2, 0.25) is 0 Å². The van der Waals surface area contributed by atoms with Gasteiger partial charge >= 0.3 is 0 Å². The number of pyridine rings is 1. The summed E-state index contributed by atoms with van der Waals surface area (Å²) in [6, 6.07) is 4.10. The smallest absolute Gasteiger partial charge is 0.254 e. The number of anilines is 3. The fourth-order valence-electron chi connectivity index (χ4n) is 4.33. The summed E-state index contributed by atoms with van der Waals surface area (Å²) in [4.78, 5) is 31.1. The topological polar surface area (TPSA) is 104 Å². The SMILES string of the molecule is CCCCNC(=O)c1c(NC(=O)C2CC2)sc2c1CC(n1[nH]cc1Nc1cccnc1)CC2. The molecule has 174 valence electrons. The summed E-state index contributed by atoms with van der Waals surface area (Å²) in [7, 11) is 0. The third kappa shape index (κ3) is 4.68. The summed E-state index contributed by atoms with van der Waals surface area (Å²) in [5.74, 6) is 1.06. The summed E-state index contributed by atoms with van der Waals surface area (Å²) in [6.07, 6.45) is 11.9. The number of amides is 2. The molecule has 3 aromatic heterocycles. The maximum atomic E-state index is 13.2. The fraction of sp³-hybridized carbons (Fsp3) is 0.458. The Balaban J connectivity index is 1.38. The fourth-order valence-corrected chi connectivity index (χ4v) is 5.57. The van der Waals surface area contributed by atoms with Crippen molar-refractivity contribution in [3.05, 3.63) is 46.7 Å². The zero-order valence-corrected chi connectivity index (χ0v) is 19.6. The molecule has 3 heterocycles. The maximum Gasteiger partial charge on any atom is 0.254 e. The van der Waals surface area contributed by atoms with Gasteiger partial charge < -0.3 is 21.0 Å².